The van der Waals surface area contributed by atoms with Gasteiger partial charge in [0.05, 0.1) is 12.8 Å². The molecule has 3 rings (SSSR count). The van der Waals surface area contributed by atoms with Crippen LogP contribution >= 0.6 is 11.8 Å². The van der Waals surface area contributed by atoms with Crippen molar-refractivity contribution in [3.63, 3.8) is 0 Å². The van der Waals surface area contributed by atoms with E-state index in [2.05, 4.69) is 48.3 Å². The lowest BCUT2D eigenvalue weighted by molar-refractivity contribution is 0.412. The summed E-state index contributed by atoms with van der Waals surface area (Å²) < 4.78 is 7.40. The van der Waals surface area contributed by atoms with E-state index in [0.29, 0.717) is 5.92 Å². The summed E-state index contributed by atoms with van der Waals surface area (Å²) in [6.45, 7) is 4.42. The molecule has 5 heteroatoms. The van der Waals surface area contributed by atoms with Crippen molar-refractivity contribution >= 4 is 11.8 Å². The predicted octanol–water partition coefficient (Wildman–Crippen LogP) is 4.69. The van der Waals surface area contributed by atoms with Crippen molar-refractivity contribution in [1.82, 2.24) is 14.8 Å². The van der Waals surface area contributed by atoms with Crippen LogP contribution in [0.4, 0.5) is 0 Å². The van der Waals surface area contributed by atoms with Crippen molar-refractivity contribution in [2.45, 2.75) is 30.7 Å². The minimum absolute atomic E-state index is 0.556. The van der Waals surface area contributed by atoms with Gasteiger partial charge in [-0.3, -0.25) is 4.57 Å². The molecule has 0 saturated carbocycles. The number of para-hydroxylation sites is 2. The number of methoxy groups -OCH3 is 1. The van der Waals surface area contributed by atoms with Gasteiger partial charge < -0.3 is 4.74 Å². The number of benzene rings is 2. The first kappa shape index (κ1) is 16.6. The molecule has 24 heavy (non-hydrogen) atoms. The molecule has 4 nitrogen and oxygen atoms in total. The lowest BCUT2D eigenvalue weighted by Gasteiger charge is -2.11. The third kappa shape index (κ3) is 3.62. The van der Waals surface area contributed by atoms with Crippen LogP contribution in [0.15, 0.2) is 60.0 Å². The summed E-state index contributed by atoms with van der Waals surface area (Å²) in [5, 5.41) is 9.16. The van der Waals surface area contributed by atoms with Gasteiger partial charge in [-0.05, 0) is 29.2 Å². The first-order valence-electron chi connectivity index (χ1n) is 7.94. The normalized spacial score (nSPS) is 11.0. The Labute approximate surface area is 146 Å². The standard InChI is InChI=1S/C19H21N3OS/c1-14(2)16-10-8-15(9-11-16)12-24-19-21-20-13-22(19)17-6-4-5-7-18(17)23-3/h4-11,13-14H,12H2,1-3H3. The first-order chi connectivity index (χ1) is 11.7. The molecule has 124 valence electrons. The number of aromatic nitrogens is 3. The Bertz CT molecular complexity index is 796. The zero-order chi connectivity index (χ0) is 16.9. The van der Waals surface area contributed by atoms with Crippen molar-refractivity contribution in [2.24, 2.45) is 0 Å². The summed E-state index contributed by atoms with van der Waals surface area (Å²) in [7, 11) is 1.67. The molecule has 0 aliphatic heterocycles. The summed E-state index contributed by atoms with van der Waals surface area (Å²) in [4.78, 5) is 0. The van der Waals surface area contributed by atoms with Crippen LogP contribution in [0, 0.1) is 0 Å². The van der Waals surface area contributed by atoms with Crippen LogP contribution in [0.25, 0.3) is 5.69 Å². The van der Waals surface area contributed by atoms with E-state index in [0.717, 1.165) is 22.3 Å². The number of hydrogen-bond donors (Lipinski definition) is 0. The first-order valence-corrected chi connectivity index (χ1v) is 8.92. The van der Waals surface area contributed by atoms with E-state index in [1.807, 2.05) is 28.8 Å². The fraction of sp³-hybridized carbons (Fsp3) is 0.263. The maximum atomic E-state index is 5.44. The second-order valence-electron chi connectivity index (χ2n) is 5.84. The molecule has 0 aliphatic carbocycles. The lowest BCUT2D eigenvalue weighted by Crippen LogP contribution is -1.98. The summed E-state index contributed by atoms with van der Waals surface area (Å²) in [5.74, 6) is 2.22. The Morgan fingerprint density at radius 1 is 1.08 bits per heavy atom. The van der Waals surface area contributed by atoms with Gasteiger partial charge in [0, 0.05) is 5.75 Å². The molecule has 3 aromatic rings. The van der Waals surface area contributed by atoms with Gasteiger partial charge in [0.1, 0.15) is 12.1 Å². The molecule has 1 aromatic heterocycles. The molecule has 0 spiro atoms. The highest BCUT2D eigenvalue weighted by atomic mass is 32.2. The van der Waals surface area contributed by atoms with Crippen LogP contribution in [0.1, 0.15) is 30.9 Å². The zero-order valence-corrected chi connectivity index (χ0v) is 15.0. The number of thioether (sulfide) groups is 1. The Hall–Kier alpha value is -2.27. The molecule has 0 fully saturated rings. The van der Waals surface area contributed by atoms with Crippen molar-refractivity contribution in [1.29, 1.82) is 0 Å². The van der Waals surface area contributed by atoms with Crippen LogP contribution < -0.4 is 4.74 Å². The maximum Gasteiger partial charge on any atom is 0.196 e. The quantitative estimate of drug-likeness (QED) is 0.611. The van der Waals surface area contributed by atoms with Gasteiger partial charge in [-0.15, -0.1) is 10.2 Å². The maximum absolute atomic E-state index is 5.44. The second-order valence-corrected chi connectivity index (χ2v) is 6.78. The number of hydrogen-bond acceptors (Lipinski definition) is 4. The van der Waals surface area contributed by atoms with E-state index in [9.17, 15) is 0 Å². The Morgan fingerprint density at radius 3 is 2.54 bits per heavy atom. The van der Waals surface area contributed by atoms with Crippen molar-refractivity contribution in [3.05, 3.63) is 66.0 Å². The van der Waals surface area contributed by atoms with Gasteiger partial charge in [0.15, 0.2) is 5.16 Å². The van der Waals surface area contributed by atoms with Gasteiger partial charge in [-0.1, -0.05) is 62.0 Å². The summed E-state index contributed by atoms with van der Waals surface area (Å²) >= 11 is 1.67. The van der Waals surface area contributed by atoms with Crippen LogP contribution in [0.3, 0.4) is 0 Å². The molecule has 0 amide bonds. The van der Waals surface area contributed by atoms with Gasteiger partial charge in [0.2, 0.25) is 0 Å². The Morgan fingerprint density at radius 2 is 1.83 bits per heavy atom. The van der Waals surface area contributed by atoms with E-state index in [-0.39, 0.29) is 0 Å². The van der Waals surface area contributed by atoms with Crippen LogP contribution in [-0.2, 0) is 5.75 Å². The zero-order valence-electron chi connectivity index (χ0n) is 14.1. The fourth-order valence-corrected chi connectivity index (χ4v) is 3.34. The van der Waals surface area contributed by atoms with Gasteiger partial charge >= 0.3 is 0 Å². The van der Waals surface area contributed by atoms with E-state index in [1.54, 1.807) is 25.2 Å². The molecule has 0 saturated heterocycles. The minimum Gasteiger partial charge on any atom is -0.495 e. The molecular weight excluding hydrogens is 318 g/mol. The average Bonchev–Trinajstić information content (AvgIpc) is 3.08. The SMILES string of the molecule is COc1ccccc1-n1cnnc1SCc1ccc(C(C)C)cc1. The minimum atomic E-state index is 0.556. The highest BCUT2D eigenvalue weighted by Gasteiger charge is 2.11. The lowest BCUT2D eigenvalue weighted by atomic mass is 10.0. The summed E-state index contributed by atoms with van der Waals surface area (Å²) in [6, 6.07) is 16.7. The molecule has 1 heterocycles. The number of ether oxygens (including phenoxy) is 1. The van der Waals surface area contributed by atoms with E-state index in [4.69, 9.17) is 4.74 Å². The van der Waals surface area contributed by atoms with Crippen molar-refractivity contribution in [3.8, 4) is 11.4 Å². The number of nitrogens with zero attached hydrogens (tertiary/aromatic N) is 3. The molecule has 0 unspecified atom stereocenters. The molecule has 0 bridgehead atoms. The average molecular weight is 339 g/mol. The molecule has 2 aromatic carbocycles. The van der Waals surface area contributed by atoms with Gasteiger partial charge in [-0.2, -0.15) is 0 Å². The number of rotatable bonds is 6. The Balaban J connectivity index is 1.76. The predicted molar refractivity (Wildman–Crippen MR) is 98.0 cm³/mol. The monoisotopic (exact) mass is 339 g/mol. The van der Waals surface area contributed by atoms with E-state index >= 15 is 0 Å². The van der Waals surface area contributed by atoms with Crippen LogP contribution in [-0.4, -0.2) is 21.9 Å². The largest absolute Gasteiger partial charge is 0.495 e. The smallest absolute Gasteiger partial charge is 0.196 e. The van der Waals surface area contributed by atoms with Gasteiger partial charge in [0.25, 0.3) is 0 Å². The van der Waals surface area contributed by atoms with E-state index in [1.165, 1.54) is 11.1 Å². The van der Waals surface area contributed by atoms with Crippen LogP contribution in [0.2, 0.25) is 0 Å². The summed E-state index contributed by atoms with van der Waals surface area (Å²) in [5.41, 5.74) is 3.59. The fourth-order valence-electron chi connectivity index (χ4n) is 2.46. The Kier molecular flexibility index (Phi) is 5.20. The molecule has 0 radical (unpaired) electrons. The molecule has 0 aliphatic rings. The molecule has 0 N–H and O–H groups in total. The topological polar surface area (TPSA) is 39.9 Å². The summed E-state index contributed by atoms with van der Waals surface area (Å²) in [6.07, 6.45) is 1.72. The van der Waals surface area contributed by atoms with Gasteiger partial charge in [-0.25, -0.2) is 0 Å². The third-order valence-corrected chi connectivity index (χ3v) is 4.89. The molecular formula is C19H21N3OS. The second kappa shape index (κ2) is 7.53. The van der Waals surface area contributed by atoms with E-state index < -0.39 is 0 Å². The van der Waals surface area contributed by atoms with Crippen molar-refractivity contribution in [2.75, 3.05) is 7.11 Å². The van der Waals surface area contributed by atoms with Crippen molar-refractivity contribution < 1.29 is 4.74 Å². The highest BCUT2D eigenvalue weighted by molar-refractivity contribution is 7.98. The van der Waals surface area contributed by atoms with Crippen LogP contribution in [0.5, 0.6) is 5.75 Å². The third-order valence-electron chi connectivity index (χ3n) is 3.88. The molecule has 0 atom stereocenters. The highest BCUT2D eigenvalue weighted by Crippen LogP contribution is 2.28.